The first-order valence-electron chi connectivity index (χ1n) is 10.4. The molecule has 30 heavy (non-hydrogen) atoms. The third-order valence-corrected chi connectivity index (χ3v) is 6.33. The Balaban J connectivity index is 1.27. The molecular weight excluding hydrogens is 398 g/mol. The van der Waals surface area contributed by atoms with Gasteiger partial charge in [0, 0.05) is 17.4 Å². The zero-order chi connectivity index (χ0) is 20.6. The van der Waals surface area contributed by atoms with Crippen LogP contribution in [0, 0.1) is 11.8 Å². The Morgan fingerprint density at radius 2 is 2.13 bits per heavy atom. The van der Waals surface area contributed by atoms with Crippen molar-refractivity contribution in [1.29, 1.82) is 0 Å². The van der Waals surface area contributed by atoms with Crippen molar-refractivity contribution in [3.8, 4) is 5.75 Å². The number of hydrogen-bond acceptors (Lipinski definition) is 6. The molecule has 7 heteroatoms. The van der Waals surface area contributed by atoms with Crippen LogP contribution in [-0.4, -0.2) is 24.2 Å². The molecule has 1 fully saturated rings. The van der Waals surface area contributed by atoms with E-state index >= 15 is 0 Å². The highest BCUT2D eigenvalue weighted by Crippen LogP contribution is 2.26. The van der Waals surface area contributed by atoms with Crippen molar-refractivity contribution in [2.24, 2.45) is 11.8 Å². The van der Waals surface area contributed by atoms with Gasteiger partial charge in [0.15, 0.2) is 5.76 Å². The quantitative estimate of drug-likeness (QED) is 0.546. The van der Waals surface area contributed by atoms with Crippen LogP contribution in [0.25, 0.3) is 0 Å². The van der Waals surface area contributed by atoms with Crippen LogP contribution < -0.4 is 15.4 Å². The van der Waals surface area contributed by atoms with Gasteiger partial charge in [-0.2, -0.15) is 0 Å². The van der Waals surface area contributed by atoms with Crippen molar-refractivity contribution in [3.05, 3.63) is 70.2 Å². The molecule has 3 heterocycles. The molecule has 4 rings (SSSR count). The lowest BCUT2D eigenvalue weighted by Gasteiger charge is -2.31. The minimum absolute atomic E-state index is 0.123. The first-order chi connectivity index (χ1) is 14.8. The van der Waals surface area contributed by atoms with E-state index in [4.69, 9.17) is 9.26 Å². The molecule has 2 aromatic heterocycles. The van der Waals surface area contributed by atoms with Crippen LogP contribution >= 0.6 is 11.3 Å². The average Bonchev–Trinajstić information content (AvgIpc) is 3.45. The molecule has 2 atom stereocenters. The Kier molecular flexibility index (Phi) is 7.16. The van der Waals surface area contributed by atoms with Gasteiger partial charge in [0.05, 0.1) is 12.2 Å². The van der Waals surface area contributed by atoms with Crippen LogP contribution in [0.5, 0.6) is 5.75 Å². The molecule has 0 bridgehead atoms. The van der Waals surface area contributed by atoms with Crippen LogP contribution in [0.2, 0.25) is 0 Å². The Labute approximate surface area is 180 Å². The van der Waals surface area contributed by atoms with Crippen LogP contribution in [0.4, 0.5) is 0 Å². The Morgan fingerprint density at radius 3 is 2.97 bits per heavy atom. The number of nitrogens with zero attached hydrogens (tertiary/aromatic N) is 1. The number of hydrogen-bond donors (Lipinski definition) is 2. The zero-order valence-corrected chi connectivity index (χ0v) is 17.7. The minimum atomic E-state index is 0.123. The molecule has 0 radical (unpaired) electrons. The number of aromatic nitrogens is 1. The number of amides is 1. The molecule has 0 spiro atoms. The van der Waals surface area contributed by atoms with E-state index in [-0.39, 0.29) is 5.91 Å². The second-order valence-corrected chi connectivity index (χ2v) is 8.70. The fraction of sp³-hybridized carbons (Fsp3) is 0.391. The maximum Gasteiger partial charge on any atom is 0.220 e. The summed E-state index contributed by atoms with van der Waals surface area (Å²) in [4.78, 5) is 13.6. The molecule has 0 aliphatic carbocycles. The number of ether oxygens (including phenoxy) is 1. The molecule has 2 N–H and O–H groups in total. The number of rotatable bonds is 9. The number of thiophene rings is 1. The number of carbonyl (C=O) groups excluding carboxylic acids is 1. The number of carbonyl (C=O) groups is 1. The van der Waals surface area contributed by atoms with Gasteiger partial charge in [0.1, 0.15) is 12.4 Å². The Hall–Kier alpha value is -2.64. The SMILES string of the molecule is O=C(CC1CCNCC1Cc1cc(COc2ccccc2)on1)NCc1cccs1. The summed E-state index contributed by atoms with van der Waals surface area (Å²) in [6.45, 7) is 2.81. The molecule has 1 aliphatic heterocycles. The van der Waals surface area contributed by atoms with Crippen molar-refractivity contribution < 1.29 is 14.1 Å². The number of para-hydroxylation sites is 1. The highest BCUT2D eigenvalue weighted by Gasteiger charge is 2.28. The topological polar surface area (TPSA) is 76.4 Å². The summed E-state index contributed by atoms with van der Waals surface area (Å²) in [6.07, 6.45) is 2.35. The monoisotopic (exact) mass is 425 g/mol. The van der Waals surface area contributed by atoms with Crippen molar-refractivity contribution >= 4 is 17.2 Å². The van der Waals surface area contributed by atoms with Gasteiger partial charge in [-0.1, -0.05) is 29.4 Å². The first kappa shape index (κ1) is 20.6. The van der Waals surface area contributed by atoms with E-state index < -0.39 is 0 Å². The number of piperidine rings is 1. The maximum atomic E-state index is 12.5. The van der Waals surface area contributed by atoms with Gasteiger partial charge in [-0.25, -0.2) is 0 Å². The molecule has 1 aromatic carbocycles. The van der Waals surface area contributed by atoms with E-state index in [2.05, 4.69) is 15.8 Å². The Morgan fingerprint density at radius 1 is 1.23 bits per heavy atom. The molecule has 6 nitrogen and oxygen atoms in total. The van der Waals surface area contributed by atoms with Crippen molar-refractivity contribution in [3.63, 3.8) is 0 Å². The van der Waals surface area contributed by atoms with E-state index in [0.29, 0.717) is 37.2 Å². The molecular formula is C23H27N3O3S. The summed E-state index contributed by atoms with van der Waals surface area (Å²) in [7, 11) is 0. The predicted octanol–water partition coefficient (Wildman–Crippen LogP) is 3.79. The highest BCUT2D eigenvalue weighted by molar-refractivity contribution is 7.09. The molecule has 1 amide bonds. The molecule has 1 saturated heterocycles. The normalized spacial score (nSPS) is 18.8. The van der Waals surface area contributed by atoms with Crippen molar-refractivity contribution in [1.82, 2.24) is 15.8 Å². The maximum absolute atomic E-state index is 12.5. The van der Waals surface area contributed by atoms with Crippen molar-refractivity contribution in [2.75, 3.05) is 13.1 Å². The summed E-state index contributed by atoms with van der Waals surface area (Å²) in [5.74, 6) is 2.34. The second kappa shape index (κ2) is 10.4. The lowest BCUT2D eigenvalue weighted by molar-refractivity contribution is -0.122. The van der Waals surface area contributed by atoms with Gasteiger partial charge in [-0.3, -0.25) is 4.79 Å². The summed E-state index contributed by atoms with van der Waals surface area (Å²) in [6, 6.07) is 15.7. The van der Waals surface area contributed by atoms with E-state index in [1.54, 1.807) is 11.3 Å². The summed E-state index contributed by atoms with van der Waals surface area (Å²) < 4.78 is 11.2. The largest absolute Gasteiger partial charge is 0.486 e. The third-order valence-electron chi connectivity index (χ3n) is 5.46. The van der Waals surface area contributed by atoms with E-state index in [9.17, 15) is 4.79 Å². The molecule has 2 unspecified atom stereocenters. The van der Waals surface area contributed by atoms with Gasteiger partial charge < -0.3 is 19.9 Å². The van der Waals surface area contributed by atoms with Gasteiger partial charge in [0.2, 0.25) is 5.91 Å². The predicted molar refractivity (Wildman–Crippen MR) is 116 cm³/mol. The number of nitrogens with one attached hydrogen (secondary N) is 2. The van der Waals surface area contributed by atoms with Crippen LogP contribution in [0.3, 0.4) is 0 Å². The second-order valence-electron chi connectivity index (χ2n) is 7.66. The third kappa shape index (κ3) is 5.93. The molecule has 158 valence electrons. The van der Waals surface area contributed by atoms with Crippen molar-refractivity contribution in [2.45, 2.75) is 32.4 Å². The molecule has 1 aliphatic rings. The summed E-state index contributed by atoms with van der Waals surface area (Å²) >= 11 is 1.66. The number of benzene rings is 1. The highest BCUT2D eigenvalue weighted by atomic mass is 32.1. The summed E-state index contributed by atoms with van der Waals surface area (Å²) in [5.41, 5.74) is 0.916. The van der Waals surface area contributed by atoms with Gasteiger partial charge in [-0.05, 0) is 61.3 Å². The van der Waals surface area contributed by atoms with Gasteiger partial charge in [0.25, 0.3) is 0 Å². The smallest absolute Gasteiger partial charge is 0.220 e. The summed E-state index contributed by atoms with van der Waals surface area (Å²) in [5, 5.41) is 12.8. The van der Waals surface area contributed by atoms with Crippen LogP contribution in [0.15, 0.2) is 58.4 Å². The lowest BCUT2D eigenvalue weighted by atomic mass is 9.81. The van der Waals surface area contributed by atoms with Gasteiger partial charge >= 0.3 is 0 Å². The zero-order valence-electron chi connectivity index (χ0n) is 16.9. The van der Waals surface area contributed by atoms with E-state index in [1.807, 2.05) is 53.9 Å². The Bertz CT molecular complexity index is 911. The van der Waals surface area contributed by atoms with E-state index in [0.717, 1.165) is 37.4 Å². The fourth-order valence-electron chi connectivity index (χ4n) is 3.85. The fourth-order valence-corrected chi connectivity index (χ4v) is 4.50. The lowest BCUT2D eigenvalue weighted by Crippen LogP contribution is -2.40. The van der Waals surface area contributed by atoms with Gasteiger partial charge in [-0.15, -0.1) is 11.3 Å². The van der Waals surface area contributed by atoms with E-state index in [1.165, 1.54) is 4.88 Å². The average molecular weight is 426 g/mol. The first-order valence-corrected chi connectivity index (χ1v) is 11.3. The van der Waals surface area contributed by atoms with Crippen LogP contribution in [0.1, 0.15) is 29.2 Å². The minimum Gasteiger partial charge on any atom is -0.486 e. The van der Waals surface area contributed by atoms with Crippen LogP contribution in [-0.2, 0) is 24.4 Å². The molecule has 0 saturated carbocycles. The standard InChI is InChI=1S/C23H27N3O3S/c27-23(25-15-22-7-4-10-30-22)12-17-8-9-24-14-18(17)11-19-13-21(29-26-19)16-28-20-5-2-1-3-6-20/h1-7,10,13,17-18,24H,8-9,11-12,14-16H2,(H,25,27). The molecule has 3 aromatic rings.